The van der Waals surface area contributed by atoms with Crippen molar-refractivity contribution in [3.8, 4) is 11.4 Å². The van der Waals surface area contributed by atoms with Gasteiger partial charge in [0.15, 0.2) is 11.0 Å². The van der Waals surface area contributed by atoms with E-state index in [2.05, 4.69) is 10.2 Å². The van der Waals surface area contributed by atoms with Gasteiger partial charge in [-0.1, -0.05) is 11.8 Å². The Hall–Kier alpha value is -2.26. The highest BCUT2D eigenvalue weighted by molar-refractivity contribution is 7.99. The van der Waals surface area contributed by atoms with E-state index in [4.69, 9.17) is 4.74 Å². The topological polar surface area (TPSA) is 77.3 Å². The highest BCUT2D eigenvalue weighted by atomic mass is 32.2. The van der Waals surface area contributed by atoms with Crippen molar-refractivity contribution in [2.75, 3.05) is 18.9 Å². The van der Waals surface area contributed by atoms with Crippen LogP contribution in [0, 0.1) is 5.82 Å². The molecular formula is C19H21FN4O3S. The van der Waals surface area contributed by atoms with Crippen LogP contribution in [0.15, 0.2) is 29.4 Å². The molecule has 2 aliphatic heterocycles. The summed E-state index contributed by atoms with van der Waals surface area (Å²) in [7, 11) is 0. The number of aromatic nitrogens is 3. The lowest BCUT2D eigenvalue weighted by Crippen LogP contribution is -2.33. The highest BCUT2D eigenvalue weighted by Crippen LogP contribution is 2.27. The van der Waals surface area contributed by atoms with Crippen LogP contribution in [-0.4, -0.2) is 56.5 Å². The van der Waals surface area contributed by atoms with Crippen LogP contribution in [0.1, 0.15) is 25.7 Å². The number of imide groups is 1. The molecule has 9 heteroatoms. The van der Waals surface area contributed by atoms with Gasteiger partial charge in [-0.2, -0.15) is 0 Å². The predicted molar refractivity (Wildman–Crippen MR) is 101 cm³/mol. The predicted octanol–water partition coefficient (Wildman–Crippen LogP) is 2.50. The molecule has 3 heterocycles. The SMILES string of the molecule is O=C1CCCN1C(=O)CSc1nnc(-c2ccc(F)cc2)n1C[C@H]1CCCO1. The van der Waals surface area contributed by atoms with E-state index in [1.165, 1.54) is 28.8 Å². The number of amides is 2. The van der Waals surface area contributed by atoms with Crippen LogP contribution in [-0.2, 0) is 20.9 Å². The zero-order valence-electron chi connectivity index (χ0n) is 15.3. The van der Waals surface area contributed by atoms with Gasteiger partial charge in [0.05, 0.1) is 18.4 Å². The maximum atomic E-state index is 13.3. The van der Waals surface area contributed by atoms with E-state index in [1.54, 1.807) is 12.1 Å². The van der Waals surface area contributed by atoms with Crippen LogP contribution in [0.4, 0.5) is 4.39 Å². The van der Waals surface area contributed by atoms with Crippen molar-refractivity contribution >= 4 is 23.6 Å². The van der Waals surface area contributed by atoms with Crippen LogP contribution in [0.2, 0.25) is 0 Å². The number of rotatable bonds is 6. The van der Waals surface area contributed by atoms with E-state index in [9.17, 15) is 14.0 Å². The van der Waals surface area contributed by atoms with E-state index in [0.29, 0.717) is 30.5 Å². The third-order valence-corrected chi connectivity index (χ3v) is 5.88. The van der Waals surface area contributed by atoms with E-state index in [-0.39, 0.29) is 29.5 Å². The summed E-state index contributed by atoms with van der Waals surface area (Å²) in [6, 6.07) is 6.09. The normalized spacial score (nSPS) is 19.5. The van der Waals surface area contributed by atoms with Gasteiger partial charge >= 0.3 is 0 Å². The third kappa shape index (κ3) is 4.10. The summed E-state index contributed by atoms with van der Waals surface area (Å²) in [6.07, 6.45) is 3.17. The second-order valence-electron chi connectivity index (χ2n) is 6.89. The standard InChI is InChI=1S/C19H21FN4O3S/c20-14-7-5-13(6-8-14)18-21-22-19(24(18)11-15-3-2-10-27-15)28-12-17(26)23-9-1-4-16(23)25/h5-8,15H,1-4,9-12H2/t15-/m1/s1. The summed E-state index contributed by atoms with van der Waals surface area (Å²) in [4.78, 5) is 25.4. The van der Waals surface area contributed by atoms with E-state index < -0.39 is 0 Å². The zero-order valence-corrected chi connectivity index (χ0v) is 16.2. The molecule has 1 atom stereocenters. The van der Waals surface area contributed by atoms with Crippen LogP contribution in [0.25, 0.3) is 11.4 Å². The van der Waals surface area contributed by atoms with Crippen molar-refractivity contribution in [3.63, 3.8) is 0 Å². The number of likely N-dealkylation sites (tertiary alicyclic amines) is 1. The number of halogens is 1. The maximum absolute atomic E-state index is 13.3. The van der Waals surface area contributed by atoms with Crippen molar-refractivity contribution < 1.29 is 18.7 Å². The van der Waals surface area contributed by atoms with E-state index in [1.807, 2.05) is 4.57 Å². The minimum Gasteiger partial charge on any atom is -0.376 e. The fourth-order valence-corrected chi connectivity index (χ4v) is 4.30. The molecule has 2 saturated heterocycles. The molecule has 7 nitrogen and oxygen atoms in total. The lowest BCUT2D eigenvalue weighted by atomic mass is 10.2. The van der Waals surface area contributed by atoms with Crippen molar-refractivity contribution in [2.24, 2.45) is 0 Å². The molecule has 2 aliphatic rings. The summed E-state index contributed by atoms with van der Waals surface area (Å²) in [6.45, 7) is 1.79. The monoisotopic (exact) mass is 404 g/mol. The first-order valence-corrected chi connectivity index (χ1v) is 10.4. The number of hydrogen-bond acceptors (Lipinski definition) is 6. The Morgan fingerprint density at radius 3 is 2.75 bits per heavy atom. The smallest absolute Gasteiger partial charge is 0.239 e. The molecule has 0 saturated carbocycles. The molecule has 2 fully saturated rings. The Kier molecular flexibility index (Phi) is 5.72. The zero-order chi connectivity index (χ0) is 19.5. The molecule has 1 aromatic heterocycles. The highest BCUT2D eigenvalue weighted by Gasteiger charge is 2.27. The van der Waals surface area contributed by atoms with Gasteiger partial charge in [0, 0.05) is 25.1 Å². The summed E-state index contributed by atoms with van der Waals surface area (Å²) < 4.78 is 21.0. The Morgan fingerprint density at radius 2 is 2.07 bits per heavy atom. The quantitative estimate of drug-likeness (QED) is 0.689. The number of ether oxygens (including phenoxy) is 1. The first-order chi connectivity index (χ1) is 13.6. The van der Waals surface area contributed by atoms with Gasteiger partial charge in [0.1, 0.15) is 5.82 Å². The van der Waals surface area contributed by atoms with Crippen LogP contribution in [0.5, 0.6) is 0 Å². The average Bonchev–Trinajstić information content (AvgIpc) is 3.43. The molecule has 2 aromatic rings. The molecule has 28 heavy (non-hydrogen) atoms. The first-order valence-electron chi connectivity index (χ1n) is 9.38. The fourth-order valence-electron chi connectivity index (χ4n) is 3.48. The molecule has 4 rings (SSSR count). The molecule has 2 amide bonds. The fraction of sp³-hybridized carbons (Fsp3) is 0.474. The van der Waals surface area contributed by atoms with Gasteiger partial charge in [-0.3, -0.25) is 19.1 Å². The van der Waals surface area contributed by atoms with Crippen molar-refractivity contribution in [1.82, 2.24) is 19.7 Å². The number of thioether (sulfide) groups is 1. The largest absolute Gasteiger partial charge is 0.376 e. The number of carbonyl (C=O) groups excluding carboxylic acids is 2. The lowest BCUT2D eigenvalue weighted by molar-refractivity contribution is -0.140. The molecule has 0 aliphatic carbocycles. The average molecular weight is 404 g/mol. The second kappa shape index (κ2) is 8.40. The van der Waals surface area contributed by atoms with Crippen LogP contribution in [0.3, 0.4) is 0 Å². The minimum atomic E-state index is -0.315. The van der Waals surface area contributed by atoms with Gasteiger partial charge in [0.2, 0.25) is 11.8 Å². The van der Waals surface area contributed by atoms with Crippen molar-refractivity contribution in [1.29, 1.82) is 0 Å². The Labute approximate surface area is 166 Å². The van der Waals surface area contributed by atoms with E-state index >= 15 is 0 Å². The van der Waals surface area contributed by atoms with Gasteiger partial charge in [0.25, 0.3) is 0 Å². The molecule has 0 bridgehead atoms. The molecule has 1 aromatic carbocycles. The number of nitrogens with zero attached hydrogens (tertiary/aromatic N) is 4. The Bertz CT molecular complexity index is 865. The summed E-state index contributed by atoms with van der Waals surface area (Å²) in [5.41, 5.74) is 0.750. The number of benzene rings is 1. The molecule has 148 valence electrons. The van der Waals surface area contributed by atoms with Gasteiger partial charge in [-0.15, -0.1) is 10.2 Å². The van der Waals surface area contributed by atoms with Crippen LogP contribution < -0.4 is 0 Å². The van der Waals surface area contributed by atoms with Crippen LogP contribution >= 0.6 is 11.8 Å². The molecule has 0 N–H and O–H groups in total. The molecule has 0 unspecified atom stereocenters. The molecular weight excluding hydrogens is 383 g/mol. The third-order valence-electron chi connectivity index (χ3n) is 4.93. The molecule has 0 spiro atoms. The number of carbonyl (C=O) groups is 2. The lowest BCUT2D eigenvalue weighted by Gasteiger charge is -2.16. The summed E-state index contributed by atoms with van der Waals surface area (Å²) >= 11 is 1.26. The minimum absolute atomic E-state index is 0.0606. The maximum Gasteiger partial charge on any atom is 0.239 e. The number of hydrogen-bond donors (Lipinski definition) is 0. The Morgan fingerprint density at radius 1 is 1.25 bits per heavy atom. The van der Waals surface area contributed by atoms with Crippen molar-refractivity contribution in [2.45, 2.75) is 43.5 Å². The van der Waals surface area contributed by atoms with Gasteiger partial charge in [-0.25, -0.2) is 4.39 Å². The van der Waals surface area contributed by atoms with Gasteiger partial charge < -0.3 is 4.74 Å². The van der Waals surface area contributed by atoms with Gasteiger partial charge in [-0.05, 0) is 43.5 Å². The summed E-state index contributed by atoms with van der Waals surface area (Å²) in [5.74, 6) is 0.103. The molecule has 0 radical (unpaired) electrons. The Balaban J connectivity index is 1.54. The van der Waals surface area contributed by atoms with Crippen molar-refractivity contribution in [3.05, 3.63) is 30.1 Å². The summed E-state index contributed by atoms with van der Waals surface area (Å²) in [5, 5.41) is 9.11. The van der Waals surface area contributed by atoms with E-state index in [0.717, 1.165) is 31.4 Å². The first kappa shape index (κ1) is 19.1. The second-order valence-corrected chi connectivity index (χ2v) is 7.83.